The lowest BCUT2D eigenvalue weighted by atomic mass is 10.1. The second kappa shape index (κ2) is 4.11. The highest BCUT2D eigenvalue weighted by Crippen LogP contribution is 2.23. The Kier molecular flexibility index (Phi) is 2.84. The predicted octanol–water partition coefficient (Wildman–Crippen LogP) is 1.58. The number of rotatable bonds is 3. The highest BCUT2D eigenvalue weighted by Gasteiger charge is 2.17. The standard InChI is InChI=1S/C10H13NO2S/c12-10(13)2-5-11-4-1-8-3-6-14-9(8)7-11/h3,6H,1-2,4-5,7H2,(H,12,13). The maximum Gasteiger partial charge on any atom is 0.304 e. The van der Waals surface area contributed by atoms with Crippen molar-refractivity contribution in [2.75, 3.05) is 13.1 Å². The summed E-state index contributed by atoms with van der Waals surface area (Å²) in [5.41, 5.74) is 1.45. The lowest BCUT2D eigenvalue weighted by Gasteiger charge is -2.25. The molecule has 1 aromatic rings. The number of carboxylic acid groups (broad SMARTS) is 1. The van der Waals surface area contributed by atoms with E-state index in [9.17, 15) is 4.79 Å². The molecule has 0 radical (unpaired) electrons. The van der Waals surface area contributed by atoms with Crippen LogP contribution < -0.4 is 0 Å². The molecule has 1 aliphatic heterocycles. The van der Waals surface area contributed by atoms with Crippen molar-refractivity contribution in [3.05, 3.63) is 21.9 Å². The number of hydrogen-bond acceptors (Lipinski definition) is 3. The first-order valence-electron chi connectivity index (χ1n) is 4.75. The molecule has 0 bridgehead atoms. The fraction of sp³-hybridized carbons (Fsp3) is 0.500. The van der Waals surface area contributed by atoms with E-state index in [1.165, 1.54) is 10.4 Å². The van der Waals surface area contributed by atoms with Crippen LogP contribution >= 0.6 is 11.3 Å². The maximum absolute atomic E-state index is 10.4. The van der Waals surface area contributed by atoms with Crippen molar-refractivity contribution in [3.8, 4) is 0 Å². The van der Waals surface area contributed by atoms with Crippen LogP contribution in [-0.2, 0) is 17.8 Å². The Labute approximate surface area is 87.0 Å². The van der Waals surface area contributed by atoms with Gasteiger partial charge in [0, 0.05) is 24.5 Å². The van der Waals surface area contributed by atoms with E-state index in [1.807, 2.05) is 0 Å². The van der Waals surface area contributed by atoms with Gasteiger partial charge in [-0.25, -0.2) is 0 Å². The van der Waals surface area contributed by atoms with Gasteiger partial charge in [0.05, 0.1) is 6.42 Å². The molecule has 0 amide bonds. The van der Waals surface area contributed by atoms with Crippen LogP contribution in [-0.4, -0.2) is 29.1 Å². The van der Waals surface area contributed by atoms with E-state index >= 15 is 0 Å². The molecule has 1 aliphatic rings. The van der Waals surface area contributed by atoms with Gasteiger partial charge in [-0.3, -0.25) is 9.69 Å². The summed E-state index contributed by atoms with van der Waals surface area (Å²) >= 11 is 1.77. The molecule has 4 heteroatoms. The van der Waals surface area contributed by atoms with Crippen LogP contribution in [0.5, 0.6) is 0 Å². The summed E-state index contributed by atoms with van der Waals surface area (Å²) in [5.74, 6) is -0.707. The van der Waals surface area contributed by atoms with Crippen molar-refractivity contribution >= 4 is 17.3 Å². The van der Waals surface area contributed by atoms with Crippen molar-refractivity contribution in [1.82, 2.24) is 4.90 Å². The summed E-state index contributed by atoms with van der Waals surface area (Å²) in [4.78, 5) is 14.0. The summed E-state index contributed by atoms with van der Waals surface area (Å²) in [6, 6.07) is 2.18. The molecule has 2 heterocycles. The molecule has 0 unspecified atom stereocenters. The molecule has 0 spiro atoms. The molecule has 0 aromatic carbocycles. The number of aliphatic carboxylic acids is 1. The number of nitrogens with zero attached hydrogens (tertiary/aromatic N) is 1. The molecule has 76 valence electrons. The monoisotopic (exact) mass is 211 g/mol. The molecule has 0 saturated heterocycles. The highest BCUT2D eigenvalue weighted by molar-refractivity contribution is 7.10. The topological polar surface area (TPSA) is 40.5 Å². The minimum atomic E-state index is -0.707. The normalized spacial score (nSPS) is 16.6. The van der Waals surface area contributed by atoms with Gasteiger partial charge in [0.15, 0.2) is 0 Å². The average Bonchev–Trinajstić information content (AvgIpc) is 2.61. The first-order chi connectivity index (χ1) is 6.75. The van der Waals surface area contributed by atoms with E-state index in [4.69, 9.17) is 5.11 Å². The van der Waals surface area contributed by atoms with Crippen molar-refractivity contribution < 1.29 is 9.90 Å². The molecule has 0 aliphatic carbocycles. The molecule has 3 nitrogen and oxygen atoms in total. The quantitative estimate of drug-likeness (QED) is 0.825. The zero-order valence-corrected chi connectivity index (χ0v) is 8.72. The van der Waals surface area contributed by atoms with E-state index in [0.29, 0.717) is 6.54 Å². The second-order valence-electron chi connectivity index (χ2n) is 3.54. The molecule has 0 atom stereocenters. The summed E-state index contributed by atoms with van der Waals surface area (Å²) in [6.45, 7) is 2.60. The first kappa shape index (κ1) is 9.68. The van der Waals surface area contributed by atoms with Gasteiger partial charge in [-0.15, -0.1) is 11.3 Å². The summed E-state index contributed by atoms with van der Waals surface area (Å²) < 4.78 is 0. The largest absolute Gasteiger partial charge is 0.481 e. The average molecular weight is 211 g/mol. The molecule has 2 rings (SSSR count). The van der Waals surface area contributed by atoms with Gasteiger partial charge in [0.25, 0.3) is 0 Å². The van der Waals surface area contributed by atoms with Crippen LogP contribution in [0.4, 0.5) is 0 Å². The summed E-state index contributed by atoms with van der Waals surface area (Å²) in [6.07, 6.45) is 1.32. The van der Waals surface area contributed by atoms with Gasteiger partial charge in [-0.1, -0.05) is 0 Å². The number of carboxylic acids is 1. The minimum Gasteiger partial charge on any atom is -0.481 e. The lowest BCUT2D eigenvalue weighted by molar-refractivity contribution is -0.137. The maximum atomic E-state index is 10.4. The number of fused-ring (bicyclic) bond motifs is 1. The minimum absolute atomic E-state index is 0.251. The Bertz CT molecular complexity index is 335. The van der Waals surface area contributed by atoms with Crippen LogP contribution in [0.15, 0.2) is 11.4 Å². The van der Waals surface area contributed by atoms with E-state index in [1.54, 1.807) is 11.3 Å². The van der Waals surface area contributed by atoms with Crippen molar-refractivity contribution in [1.29, 1.82) is 0 Å². The Hall–Kier alpha value is -0.870. The highest BCUT2D eigenvalue weighted by atomic mass is 32.1. The van der Waals surface area contributed by atoms with E-state index in [-0.39, 0.29) is 6.42 Å². The van der Waals surface area contributed by atoms with E-state index < -0.39 is 5.97 Å². The molecule has 1 N–H and O–H groups in total. The van der Waals surface area contributed by atoms with Crippen molar-refractivity contribution in [3.63, 3.8) is 0 Å². The zero-order chi connectivity index (χ0) is 9.97. The number of hydrogen-bond donors (Lipinski definition) is 1. The number of carbonyl (C=O) groups is 1. The van der Waals surface area contributed by atoms with E-state index in [2.05, 4.69) is 16.3 Å². The third kappa shape index (κ3) is 2.13. The van der Waals surface area contributed by atoms with Gasteiger partial charge < -0.3 is 5.11 Å². The molecule has 0 fully saturated rings. The zero-order valence-electron chi connectivity index (χ0n) is 7.90. The SMILES string of the molecule is O=C(O)CCN1CCc2ccsc2C1. The van der Waals surface area contributed by atoms with Gasteiger partial charge in [0.1, 0.15) is 0 Å². The third-order valence-electron chi connectivity index (χ3n) is 2.54. The lowest BCUT2D eigenvalue weighted by Crippen LogP contribution is -2.31. The Balaban J connectivity index is 1.91. The Morgan fingerprint density at radius 3 is 3.29 bits per heavy atom. The third-order valence-corrected chi connectivity index (χ3v) is 3.49. The van der Waals surface area contributed by atoms with Crippen LogP contribution in [0.25, 0.3) is 0 Å². The van der Waals surface area contributed by atoms with Gasteiger partial charge in [-0.2, -0.15) is 0 Å². The van der Waals surface area contributed by atoms with Crippen LogP contribution in [0.3, 0.4) is 0 Å². The molecule has 1 aromatic heterocycles. The smallest absolute Gasteiger partial charge is 0.304 e. The second-order valence-corrected chi connectivity index (χ2v) is 4.54. The Morgan fingerprint density at radius 2 is 2.50 bits per heavy atom. The van der Waals surface area contributed by atoms with Crippen LogP contribution in [0.2, 0.25) is 0 Å². The van der Waals surface area contributed by atoms with Gasteiger partial charge >= 0.3 is 5.97 Å². The van der Waals surface area contributed by atoms with Crippen LogP contribution in [0, 0.1) is 0 Å². The van der Waals surface area contributed by atoms with Crippen molar-refractivity contribution in [2.24, 2.45) is 0 Å². The fourth-order valence-electron chi connectivity index (χ4n) is 1.73. The number of thiophene rings is 1. The predicted molar refractivity (Wildman–Crippen MR) is 55.6 cm³/mol. The molecular formula is C10H13NO2S. The van der Waals surface area contributed by atoms with Crippen LogP contribution in [0.1, 0.15) is 16.9 Å². The van der Waals surface area contributed by atoms with Crippen molar-refractivity contribution in [2.45, 2.75) is 19.4 Å². The Morgan fingerprint density at radius 1 is 1.64 bits per heavy atom. The molecular weight excluding hydrogens is 198 g/mol. The van der Waals surface area contributed by atoms with Gasteiger partial charge in [0.2, 0.25) is 0 Å². The van der Waals surface area contributed by atoms with E-state index in [0.717, 1.165) is 19.5 Å². The first-order valence-corrected chi connectivity index (χ1v) is 5.63. The summed E-state index contributed by atoms with van der Waals surface area (Å²) in [7, 11) is 0. The van der Waals surface area contributed by atoms with Gasteiger partial charge in [-0.05, 0) is 23.4 Å². The fourth-order valence-corrected chi connectivity index (χ4v) is 2.71. The molecule has 0 saturated carbocycles. The molecule has 14 heavy (non-hydrogen) atoms. The summed E-state index contributed by atoms with van der Waals surface area (Å²) in [5, 5.41) is 10.7.